The average Bonchev–Trinajstić information content (AvgIpc) is 2.36. The third kappa shape index (κ3) is 8.37. The van der Waals surface area contributed by atoms with Gasteiger partial charge in [0.1, 0.15) is 18.8 Å². The third-order valence-corrected chi connectivity index (χ3v) is 2.24. The largest absolute Gasteiger partial charge is 0.820 e. The van der Waals surface area contributed by atoms with Gasteiger partial charge < -0.3 is 14.7 Å². The number of hydrogen-bond donors (Lipinski definition) is 0. The molecule has 0 aromatic rings. The van der Waals surface area contributed by atoms with Crippen molar-refractivity contribution in [2.24, 2.45) is 0 Å². The molecule has 0 aliphatic carbocycles. The lowest BCUT2D eigenvalue weighted by Gasteiger charge is -2.25. The van der Waals surface area contributed by atoms with Gasteiger partial charge in [0.25, 0.3) is 0 Å². The normalized spacial score (nSPS) is 11.5. The van der Waals surface area contributed by atoms with Crippen LogP contribution >= 0.6 is 0 Å². The minimum atomic E-state index is -4.07. The second-order valence-electron chi connectivity index (χ2n) is 3.82. The summed E-state index contributed by atoms with van der Waals surface area (Å²) in [6, 6.07) is 0. The fraction of sp³-hybridized carbons (Fsp3) is 0.400. The van der Waals surface area contributed by atoms with E-state index in [1.54, 1.807) is 20.8 Å². The van der Waals surface area contributed by atoms with Gasteiger partial charge in [0.05, 0.1) is 5.60 Å². The van der Waals surface area contributed by atoms with Gasteiger partial charge in [0, 0.05) is 0 Å². The lowest BCUT2D eigenvalue weighted by molar-refractivity contribution is -0.418. The Morgan fingerprint density at radius 1 is 0.737 bits per heavy atom. The molecule has 0 N–H and O–H groups in total. The Bertz CT molecular complexity index is 256. The van der Waals surface area contributed by atoms with Crippen LogP contribution in [-0.4, -0.2) is 14.6 Å². The first-order valence-electron chi connectivity index (χ1n) is 5.12. The van der Waals surface area contributed by atoms with Gasteiger partial charge in [-0.1, -0.05) is 19.7 Å². The summed E-state index contributed by atoms with van der Waals surface area (Å²) in [5, 5.41) is 0. The van der Waals surface area contributed by atoms with Gasteiger partial charge in [0.2, 0.25) is 0 Å². The Morgan fingerprint density at radius 3 is 1.37 bits per heavy atom. The molecule has 0 spiro atoms. The van der Waals surface area contributed by atoms with Crippen LogP contribution in [0.5, 0.6) is 0 Å². The fourth-order valence-corrected chi connectivity index (χ4v) is 1.61. The smallest absolute Gasteiger partial charge is 0.350 e. The Labute approximate surface area is 112 Å². The van der Waals surface area contributed by atoms with Crippen LogP contribution in [0.3, 0.4) is 0 Å². The van der Waals surface area contributed by atoms with Gasteiger partial charge in [-0.05, 0) is 20.8 Å². The fourth-order valence-electron chi connectivity index (χ4n) is 0.538. The molecule has 0 rings (SSSR count). The van der Waals surface area contributed by atoms with Crippen LogP contribution in [0.25, 0.3) is 0 Å². The zero-order valence-electron chi connectivity index (χ0n) is 11.1. The molecule has 19 heavy (non-hydrogen) atoms. The predicted molar refractivity (Wildman–Crippen MR) is 64.8 cm³/mol. The van der Waals surface area contributed by atoms with Crippen molar-refractivity contribution in [3.8, 4) is 0 Å². The molecule has 0 heterocycles. The second-order valence-corrected chi connectivity index (χ2v) is 5.48. The van der Waals surface area contributed by atoms with E-state index in [9.17, 15) is 0 Å². The Hall–Kier alpha value is -1.36. The molecular weight excluding hydrogens is 276 g/mol. The van der Waals surface area contributed by atoms with Crippen LogP contribution in [0.4, 0.5) is 0 Å². The van der Waals surface area contributed by atoms with Crippen molar-refractivity contribution in [2.45, 2.75) is 26.4 Å². The van der Waals surface area contributed by atoms with Crippen molar-refractivity contribution in [3.63, 3.8) is 0 Å². The highest BCUT2D eigenvalue weighted by molar-refractivity contribution is 6.52. The zero-order chi connectivity index (χ0) is 14.8. The Kier molecular flexibility index (Phi) is 8.07. The summed E-state index contributed by atoms with van der Waals surface area (Å²) >= 11 is 0. The standard InChI is InChI=1S/C10H18O8Si/c1-7-11-15-19(16-12-8-2,17-13-9-3)18-14-10(4,5)6/h7-9H,1-3H2,4-6H3. The van der Waals surface area contributed by atoms with Crippen molar-refractivity contribution in [2.75, 3.05) is 0 Å². The summed E-state index contributed by atoms with van der Waals surface area (Å²) in [6.07, 6.45) is 2.91. The predicted octanol–water partition coefficient (Wildman–Crippen LogP) is 2.44. The van der Waals surface area contributed by atoms with E-state index in [-0.39, 0.29) is 0 Å². The molecule has 0 bridgehead atoms. The lowest BCUT2D eigenvalue weighted by atomic mass is 10.2. The molecule has 8 nitrogen and oxygen atoms in total. The summed E-state index contributed by atoms with van der Waals surface area (Å²) in [4.78, 5) is 18.5. The maximum atomic E-state index is 5.03. The van der Waals surface area contributed by atoms with E-state index in [0.717, 1.165) is 18.8 Å². The van der Waals surface area contributed by atoms with E-state index >= 15 is 0 Å². The molecule has 0 aliphatic heterocycles. The molecule has 110 valence electrons. The minimum absolute atomic E-state index is 0.676. The average molecular weight is 294 g/mol. The van der Waals surface area contributed by atoms with Crippen LogP contribution in [0.15, 0.2) is 38.5 Å². The van der Waals surface area contributed by atoms with E-state index in [2.05, 4.69) is 34.4 Å². The van der Waals surface area contributed by atoms with Crippen molar-refractivity contribution in [1.29, 1.82) is 0 Å². The maximum absolute atomic E-state index is 5.03. The molecule has 0 aromatic heterocycles. The van der Waals surface area contributed by atoms with Crippen LogP contribution in [0, 0.1) is 0 Å². The molecule has 9 heteroatoms. The molecule has 0 fully saturated rings. The molecule has 0 saturated heterocycles. The highest BCUT2D eigenvalue weighted by Gasteiger charge is 2.57. The van der Waals surface area contributed by atoms with E-state index < -0.39 is 14.6 Å². The topological polar surface area (TPSA) is 73.8 Å². The Balaban J connectivity index is 4.79. The quantitative estimate of drug-likeness (QED) is 0.249. The van der Waals surface area contributed by atoms with E-state index in [0.29, 0.717) is 0 Å². The highest BCUT2D eigenvalue weighted by Crippen LogP contribution is 2.19. The van der Waals surface area contributed by atoms with Crippen LogP contribution < -0.4 is 0 Å². The lowest BCUT2D eigenvalue weighted by Crippen LogP contribution is -2.49. The monoisotopic (exact) mass is 294 g/mol. The van der Waals surface area contributed by atoms with E-state index in [1.807, 2.05) is 0 Å². The van der Waals surface area contributed by atoms with Crippen molar-refractivity contribution in [1.82, 2.24) is 0 Å². The summed E-state index contributed by atoms with van der Waals surface area (Å²) in [5.74, 6) is 0. The zero-order valence-corrected chi connectivity index (χ0v) is 12.1. The van der Waals surface area contributed by atoms with E-state index in [4.69, 9.17) is 23.2 Å². The molecule has 0 saturated carbocycles. The Morgan fingerprint density at radius 2 is 1.11 bits per heavy atom. The molecule has 0 radical (unpaired) electrons. The maximum Gasteiger partial charge on any atom is 0.820 e. The number of hydrogen-bond acceptors (Lipinski definition) is 8. The van der Waals surface area contributed by atoms with Crippen molar-refractivity contribution >= 4 is 9.05 Å². The van der Waals surface area contributed by atoms with E-state index in [1.165, 1.54) is 0 Å². The van der Waals surface area contributed by atoms with Gasteiger partial charge in [-0.3, -0.25) is 0 Å². The van der Waals surface area contributed by atoms with Gasteiger partial charge in [-0.2, -0.15) is 4.58 Å². The molecule has 0 aliphatic rings. The summed E-state index contributed by atoms with van der Waals surface area (Å²) in [5.41, 5.74) is -0.676. The first-order valence-corrected chi connectivity index (χ1v) is 6.75. The molecule has 0 unspecified atom stereocenters. The van der Waals surface area contributed by atoms with Crippen molar-refractivity contribution in [3.05, 3.63) is 38.5 Å². The van der Waals surface area contributed by atoms with Gasteiger partial charge in [0.15, 0.2) is 0 Å². The first kappa shape index (κ1) is 17.6. The number of rotatable bonds is 11. The molecule has 0 atom stereocenters. The SMILES string of the molecule is C=COO[Si](OOC=C)(OOC=C)OOC(C)(C)C. The van der Waals surface area contributed by atoms with Crippen LogP contribution in [0.2, 0.25) is 0 Å². The van der Waals surface area contributed by atoms with Crippen LogP contribution in [-0.2, 0) is 37.9 Å². The van der Waals surface area contributed by atoms with Gasteiger partial charge >= 0.3 is 9.05 Å². The van der Waals surface area contributed by atoms with Crippen molar-refractivity contribution < 1.29 is 37.9 Å². The summed E-state index contributed by atoms with van der Waals surface area (Å²) < 4.78 is 19.2. The second kappa shape index (κ2) is 8.69. The molecule has 0 amide bonds. The third-order valence-electron chi connectivity index (χ3n) is 1.05. The minimum Gasteiger partial charge on any atom is -0.350 e. The van der Waals surface area contributed by atoms with Gasteiger partial charge in [-0.15, -0.1) is 13.7 Å². The summed E-state index contributed by atoms with van der Waals surface area (Å²) in [7, 11) is -4.07. The van der Waals surface area contributed by atoms with Gasteiger partial charge in [-0.25, -0.2) is 4.89 Å². The van der Waals surface area contributed by atoms with Crippen LogP contribution in [0.1, 0.15) is 20.8 Å². The molecule has 0 aromatic carbocycles. The first-order chi connectivity index (χ1) is 8.89. The summed E-state index contributed by atoms with van der Waals surface area (Å²) in [6.45, 7) is 15.0. The molecular formula is C10H18O8Si. The highest BCUT2D eigenvalue weighted by atomic mass is 28.4.